The van der Waals surface area contributed by atoms with E-state index in [4.69, 9.17) is 4.42 Å². The second-order valence-electron chi connectivity index (χ2n) is 7.87. The molecule has 3 heterocycles. The SMILES string of the molecule is Cc1nn(Cc2ccccc2)c(C)c1CNC(=O)CN(Cc1ccco1)Cc1cccs1. The fourth-order valence-corrected chi connectivity index (χ4v) is 4.51. The molecule has 0 unspecified atom stereocenters. The molecule has 1 aromatic carbocycles. The first-order valence-electron chi connectivity index (χ1n) is 10.7. The molecule has 1 N–H and O–H groups in total. The van der Waals surface area contributed by atoms with Crippen molar-refractivity contribution in [2.75, 3.05) is 6.54 Å². The van der Waals surface area contributed by atoms with Gasteiger partial charge in [0.15, 0.2) is 0 Å². The van der Waals surface area contributed by atoms with Gasteiger partial charge < -0.3 is 9.73 Å². The number of carbonyl (C=O) groups is 1. The molecule has 0 aliphatic rings. The lowest BCUT2D eigenvalue weighted by atomic mass is 10.2. The third-order valence-electron chi connectivity index (χ3n) is 5.46. The van der Waals surface area contributed by atoms with Crippen LogP contribution in [0.1, 0.15) is 33.2 Å². The highest BCUT2D eigenvalue weighted by Gasteiger charge is 2.16. The number of aromatic nitrogens is 2. The molecule has 0 aliphatic heterocycles. The molecular formula is C25H28N4O2S. The lowest BCUT2D eigenvalue weighted by Gasteiger charge is -2.20. The number of thiophene rings is 1. The minimum Gasteiger partial charge on any atom is -0.468 e. The summed E-state index contributed by atoms with van der Waals surface area (Å²) in [6.45, 7) is 6.84. The predicted octanol–water partition coefficient (Wildman–Crippen LogP) is 4.52. The minimum atomic E-state index is -0.0114. The van der Waals surface area contributed by atoms with Gasteiger partial charge in [0.05, 0.1) is 31.6 Å². The van der Waals surface area contributed by atoms with Crippen LogP contribution in [0.5, 0.6) is 0 Å². The largest absolute Gasteiger partial charge is 0.468 e. The van der Waals surface area contributed by atoms with Gasteiger partial charge in [0.1, 0.15) is 5.76 Å². The number of nitrogens with one attached hydrogen (secondary N) is 1. The maximum Gasteiger partial charge on any atom is 0.234 e. The Kier molecular flexibility index (Phi) is 7.19. The van der Waals surface area contributed by atoms with Crippen LogP contribution in [-0.2, 0) is 31.0 Å². The molecule has 32 heavy (non-hydrogen) atoms. The molecular weight excluding hydrogens is 420 g/mol. The van der Waals surface area contributed by atoms with Gasteiger partial charge in [-0.1, -0.05) is 36.4 Å². The number of carbonyl (C=O) groups excluding carboxylic acids is 1. The third kappa shape index (κ3) is 5.75. The molecule has 0 aliphatic carbocycles. The number of benzene rings is 1. The van der Waals surface area contributed by atoms with Crippen molar-refractivity contribution in [3.8, 4) is 0 Å². The zero-order chi connectivity index (χ0) is 22.3. The Morgan fingerprint density at radius 3 is 2.66 bits per heavy atom. The fraction of sp³-hybridized carbons (Fsp3) is 0.280. The molecule has 0 spiro atoms. The number of furan rings is 1. The van der Waals surface area contributed by atoms with Crippen molar-refractivity contribution in [1.29, 1.82) is 0 Å². The first-order valence-corrected chi connectivity index (χ1v) is 11.6. The zero-order valence-corrected chi connectivity index (χ0v) is 19.3. The summed E-state index contributed by atoms with van der Waals surface area (Å²) in [4.78, 5) is 16.1. The minimum absolute atomic E-state index is 0.0114. The second kappa shape index (κ2) is 10.4. The summed E-state index contributed by atoms with van der Waals surface area (Å²) in [6.07, 6.45) is 1.66. The second-order valence-corrected chi connectivity index (χ2v) is 8.91. The normalized spacial score (nSPS) is 11.2. The van der Waals surface area contributed by atoms with E-state index < -0.39 is 0 Å². The molecule has 0 saturated heterocycles. The van der Waals surface area contributed by atoms with E-state index in [-0.39, 0.29) is 5.91 Å². The van der Waals surface area contributed by atoms with E-state index in [9.17, 15) is 4.79 Å². The Morgan fingerprint density at radius 1 is 1.09 bits per heavy atom. The molecule has 3 aromatic heterocycles. The summed E-state index contributed by atoms with van der Waals surface area (Å²) < 4.78 is 7.50. The smallest absolute Gasteiger partial charge is 0.234 e. The van der Waals surface area contributed by atoms with Crippen molar-refractivity contribution in [3.05, 3.63) is 99.4 Å². The number of hydrogen-bond acceptors (Lipinski definition) is 5. The van der Waals surface area contributed by atoms with Gasteiger partial charge in [-0.05, 0) is 43.0 Å². The Hall–Kier alpha value is -3.16. The first-order chi connectivity index (χ1) is 15.6. The zero-order valence-electron chi connectivity index (χ0n) is 18.5. The predicted molar refractivity (Wildman–Crippen MR) is 126 cm³/mol. The van der Waals surface area contributed by atoms with Crippen molar-refractivity contribution in [2.24, 2.45) is 0 Å². The maximum atomic E-state index is 12.8. The van der Waals surface area contributed by atoms with E-state index in [0.29, 0.717) is 26.2 Å². The Labute approximate surface area is 192 Å². The molecule has 0 saturated carbocycles. The molecule has 6 nitrogen and oxygen atoms in total. The summed E-state index contributed by atoms with van der Waals surface area (Å²) >= 11 is 1.69. The number of amides is 1. The summed E-state index contributed by atoms with van der Waals surface area (Å²) in [5, 5.41) is 9.83. The maximum absolute atomic E-state index is 12.8. The highest BCUT2D eigenvalue weighted by atomic mass is 32.1. The van der Waals surface area contributed by atoms with E-state index in [1.165, 1.54) is 10.4 Å². The summed E-state index contributed by atoms with van der Waals surface area (Å²) in [5.74, 6) is 0.839. The van der Waals surface area contributed by atoms with Crippen molar-refractivity contribution < 1.29 is 9.21 Å². The van der Waals surface area contributed by atoms with Crippen LogP contribution in [0.25, 0.3) is 0 Å². The molecule has 0 fully saturated rings. The van der Waals surface area contributed by atoms with Gasteiger partial charge in [-0.3, -0.25) is 14.4 Å². The van der Waals surface area contributed by atoms with Gasteiger partial charge in [0.25, 0.3) is 0 Å². The van der Waals surface area contributed by atoms with Crippen molar-refractivity contribution in [1.82, 2.24) is 20.0 Å². The Bertz CT molecular complexity index is 1080. The standard InChI is InChI=1S/C25H28N4O2S/c1-19-24(20(2)29(27-19)15-21-8-4-3-5-9-21)14-26-25(30)18-28(16-22-10-6-12-31-22)17-23-11-7-13-32-23/h3-13H,14-18H2,1-2H3,(H,26,30). The van der Waals surface area contributed by atoms with Crippen LogP contribution in [0.4, 0.5) is 0 Å². The molecule has 4 rings (SSSR count). The molecule has 0 radical (unpaired) electrons. The van der Waals surface area contributed by atoms with Crippen LogP contribution in [-0.4, -0.2) is 27.1 Å². The van der Waals surface area contributed by atoms with Crippen LogP contribution in [0.3, 0.4) is 0 Å². The van der Waals surface area contributed by atoms with Gasteiger partial charge in [0.2, 0.25) is 5.91 Å². The van der Waals surface area contributed by atoms with Gasteiger partial charge in [-0.25, -0.2) is 0 Å². The summed E-state index contributed by atoms with van der Waals surface area (Å²) in [5.41, 5.74) is 4.31. The van der Waals surface area contributed by atoms with E-state index in [1.54, 1.807) is 17.6 Å². The average molecular weight is 449 g/mol. The number of aryl methyl sites for hydroxylation is 1. The average Bonchev–Trinajstić information content (AvgIpc) is 3.52. The quantitative estimate of drug-likeness (QED) is 0.387. The molecule has 1 amide bonds. The monoisotopic (exact) mass is 448 g/mol. The summed E-state index contributed by atoms with van der Waals surface area (Å²) in [7, 11) is 0. The molecule has 4 aromatic rings. The van der Waals surface area contributed by atoms with Crippen LogP contribution < -0.4 is 5.32 Å². The van der Waals surface area contributed by atoms with Crippen LogP contribution in [0.2, 0.25) is 0 Å². The fourth-order valence-electron chi connectivity index (χ4n) is 3.76. The molecule has 0 atom stereocenters. The van der Waals surface area contributed by atoms with Crippen LogP contribution >= 0.6 is 11.3 Å². The lowest BCUT2D eigenvalue weighted by Crippen LogP contribution is -2.36. The number of hydrogen-bond donors (Lipinski definition) is 1. The van der Waals surface area contributed by atoms with Crippen LogP contribution in [0.15, 0.2) is 70.7 Å². The van der Waals surface area contributed by atoms with Gasteiger partial charge >= 0.3 is 0 Å². The van der Waals surface area contributed by atoms with E-state index in [2.05, 4.69) is 45.8 Å². The Balaban J connectivity index is 1.37. The van der Waals surface area contributed by atoms with Gasteiger partial charge in [-0.2, -0.15) is 5.10 Å². The van der Waals surface area contributed by atoms with Crippen molar-refractivity contribution >= 4 is 17.2 Å². The van der Waals surface area contributed by atoms with Crippen molar-refractivity contribution in [2.45, 2.75) is 40.0 Å². The molecule has 166 valence electrons. The van der Waals surface area contributed by atoms with E-state index >= 15 is 0 Å². The summed E-state index contributed by atoms with van der Waals surface area (Å²) in [6, 6.07) is 18.2. The third-order valence-corrected chi connectivity index (χ3v) is 6.32. The topological polar surface area (TPSA) is 63.3 Å². The molecule has 7 heteroatoms. The van der Waals surface area contributed by atoms with Gasteiger partial charge in [0, 0.05) is 29.2 Å². The number of rotatable bonds is 10. The Morgan fingerprint density at radius 2 is 1.94 bits per heavy atom. The van der Waals surface area contributed by atoms with Crippen LogP contribution in [0, 0.1) is 13.8 Å². The highest BCUT2D eigenvalue weighted by molar-refractivity contribution is 7.09. The lowest BCUT2D eigenvalue weighted by molar-refractivity contribution is -0.122. The highest BCUT2D eigenvalue weighted by Crippen LogP contribution is 2.16. The molecule has 0 bridgehead atoms. The van der Waals surface area contributed by atoms with E-state index in [0.717, 1.165) is 29.3 Å². The first kappa shape index (κ1) is 22.0. The van der Waals surface area contributed by atoms with Crippen molar-refractivity contribution in [3.63, 3.8) is 0 Å². The number of nitrogens with zero attached hydrogens (tertiary/aromatic N) is 3. The van der Waals surface area contributed by atoms with E-state index in [1.807, 2.05) is 48.0 Å². The van der Waals surface area contributed by atoms with Gasteiger partial charge in [-0.15, -0.1) is 11.3 Å².